The third kappa shape index (κ3) is 2.09. The molecule has 3 nitrogen and oxygen atoms in total. The van der Waals surface area contributed by atoms with Gasteiger partial charge in [-0.2, -0.15) is 0 Å². The number of carbonyl (C=O) groups is 1. The predicted molar refractivity (Wildman–Crippen MR) is 39.7 cm³/mol. The van der Waals surface area contributed by atoms with Gasteiger partial charge in [-0.25, -0.2) is 4.79 Å². The Morgan fingerprint density at radius 2 is 1.90 bits per heavy atom. The summed E-state index contributed by atoms with van der Waals surface area (Å²) < 4.78 is 0. The Hall–Kier alpha value is -0.990. The standard InChI is InChI=1S/C7H13NO2/c1-4-8(5-2)6(3)7(9)10/h3-5H2,1-2H3,(H,9,10). The van der Waals surface area contributed by atoms with Crippen molar-refractivity contribution >= 4 is 5.97 Å². The van der Waals surface area contributed by atoms with Gasteiger partial charge >= 0.3 is 5.97 Å². The Balaban J connectivity index is 4.02. The molecule has 0 saturated heterocycles. The quantitative estimate of drug-likeness (QED) is 0.595. The maximum absolute atomic E-state index is 10.3. The van der Waals surface area contributed by atoms with E-state index < -0.39 is 5.97 Å². The van der Waals surface area contributed by atoms with Crippen molar-refractivity contribution in [2.75, 3.05) is 13.1 Å². The molecule has 0 heterocycles. The first kappa shape index (κ1) is 9.01. The van der Waals surface area contributed by atoms with Crippen LogP contribution in [0.4, 0.5) is 0 Å². The van der Waals surface area contributed by atoms with Crippen LogP contribution in [0.5, 0.6) is 0 Å². The third-order valence-electron chi connectivity index (χ3n) is 1.39. The molecule has 1 N–H and O–H groups in total. The summed E-state index contributed by atoms with van der Waals surface area (Å²) in [7, 11) is 0. The van der Waals surface area contributed by atoms with Gasteiger partial charge in [0.15, 0.2) is 0 Å². The zero-order valence-electron chi connectivity index (χ0n) is 6.42. The van der Waals surface area contributed by atoms with Crippen molar-refractivity contribution in [1.29, 1.82) is 0 Å². The summed E-state index contributed by atoms with van der Waals surface area (Å²) in [4.78, 5) is 12.0. The highest BCUT2D eigenvalue weighted by Crippen LogP contribution is 1.99. The van der Waals surface area contributed by atoms with E-state index >= 15 is 0 Å². The second kappa shape index (κ2) is 3.93. The summed E-state index contributed by atoms with van der Waals surface area (Å²) in [6.07, 6.45) is 0. The molecular weight excluding hydrogens is 130 g/mol. The fraction of sp³-hybridized carbons (Fsp3) is 0.571. The van der Waals surface area contributed by atoms with Crippen LogP contribution >= 0.6 is 0 Å². The van der Waals surface area contributed by atoms with Crippen LogP contribution in [0.15, 0.2) is 12.3 Å². The summed E-state index contributed by atoms with van der Waals surface area (Å²) >= 11 is 0. The van der Waals surface area contributed by atoms with E-state index in [0.717, 1.165) is 0 Å². The molecule has 0 unspecified atom stereocenters. The van der Waals surface area contributed by atoms with E-state index in [1.807, 2.05) is 13.8 Å². The summed E-state index contributed by atoms with van der Waals surface area (Å²) in [6, 6.07) is 0. The monoisotopic (exact) mass is 143 g/mol. The smallest absolute Gasteiger partial charge is 0.351 e. The molecule has 0 saturated carbocycles. The number of carboxylic acids is 1. The maximum Gasteiger partial charge on any atom is 0.351 e. The maximum atomic E-state index is 10.3. The fourth-order valence-corrected chi connectivity index (χ4v) is 0.741. The molecule has 0 radical (unpaired) electrons. The highest BCUT2D eigenvalue weighted by atomic mass is 16.4. The van der Waals surface area contributed by atoms with Crippen LogP contribution in [0, 0.1) is 0 Å². The van der Waals surface area contributed by atoms with Crippen molar-refractivity contribution in [3.05, 3.63) is 12.3 Å². The molecule has 0 fully saturated rings. The van der Waals surface area contributed by atoms with E-state index in [4.69, 9.17) is 5.11 Å². The van der Waals surface area contributed by atoms with Crippen LogP contribution in [0.2, 0.25) is 0 Å². The number of rotatable bonds is 4. The molecule has 0 aromatic heterocycles. The zero-order valence-corrected chi connectivity index (χ0v) is 6.42. The minimum absolute atomic E-state index is 0.171. The fourth-order valence-electron chi connectivity index (χ4n) is 0.741. The van der Waals surface area contributed by atoms with Crippen LogP contribution in [0.3, 0.4) is 0 Å². The van der Waals surface area contributed by atoms with Gasteiger partial charge in [0.05, 0.1) is 0 Å². The molecule has 10 heavy (non-hydrogen) atoms. The Morgan fingerprint density at radius 1 is 1.50 bits per heavy atom. The van der Waals surface area contributed by atoms with Gasteiger partial charge in [-0.15, -0.1) is 0 Å². The van der Waals surface area contributed by atoms with Gasteiger partial charge in [-0.3, -0.25) is 0 Å². The highest BCUT2D eigenvalue weighted by Gasteiger charge is 2.08. The molecule has 0 aliphatic heterocycles. The molecule has 0 aliphatic rings. The van der Waals surface area contributed by atoms with Crippen molar-refractivity contribution < 1.29 is 9.90 Å². The molecule has 3 heteroatoms. The van der Waals surface area contributed by atoms with Gasteiger partial charge in [0.2, 0.25) is 0 Å². The number of hydrogen-bond acceptors (Lipinski definition) is 2. The number of nitrogens with zero attached hydrogens (tertiary/aromatic N) is 1. The van der Waals surface area contributed by atoms with Gasteiger partial charge in [-0.1, -0.05) is 6.58 Å². The molecule has 0 rings (SSSR count). The van der Waals surface area contributed by atoms with E-state index in [9.17, 15) is 4.79 Å². The molecule has 58 valence electrons. The van der Waals surface area contributed by atoms with Crippen molar-refractivity contribution in [1.82, 2.24) is 4.90 Å². The average Bonchev–Trinajstić information content (AvgIpc) is 1.90. The Kier molecular flexibility index (Phi) is 3.54. The van der Waals surface area contributed by atoms with Gasteiger partial charge in [0.25, 0.3) is 0 Å². The third-order valence-corrected chi connectivity index (χ3v) is 1.39. The van der Waals surface area contributed by atoms with Crippen LogP contribution < -0.4 is 0 Å². The van der Waals surface area contributed by atoms with E-state index in [-0.39, 0.29) is 5.70 Å². The first-order valence-corrected chi connectivity index (χ1v) is 3.30. The van der Waals surface area contributed by atoms with Crippen molar-refractivity contribution in [3.63, 3.8) is 0 Å². The van der Waals surface area contributed by atoms with Gasteiger partial charge in [0, 0.05) is 13.1 Å². The molecular formula is C7H13NO2. The van der Waals surface area contributed by atoms with Crippen molar-refractivity contribution in [2.24, 2.45) is 0 Å². The molecule has 0 aliphatic carbocycles. The van der Waals surface area contributed by atoms with E-state index in [0.29, 0.717) is 13.1 Å². The van der Waals surface area contributed by atoms with E-state index in [1.165, 1.54) is 0 Å². The molecule has 0 spiro atoms. The lowest BCUT2D eigenvalue weighted by molar-refractivity contribution is -0.134. The SMILES string of the molecule is C=C(C(=O)O)N(CC)CC. The molecule has 0 aromatic carbocycles. The van der Waals surface area contributed by atoms with Crippen LogP contribution in [-0.4, -0.2) is 29.1 Å². The zero-order chi connectivity index (χ0) is 8.15. The van der Waals surface area contributed by atoms with E-state index in [1.54, 1.807) is 4.90 Å². The highest BCUT2D eigenvalue weighted by molar-refractivity contribution is 5.85. The lowest BCUT2D eigenvalue weighted by atomic mass is 10.4. The van der Waals surface area contributed by atoms with Crippen molar-refractivity contribution in [2.45, 2.75) is 13.8 Å². The lowest BCUT2D eigenvalue weighted by Crippen LogP contribution is -2.26. The van der Waals surface area contributed by atoms with Gasteiger partial charge in [-0.05, 0) is 13.8 Å². The normalized spacial score (nSPS) is 9.00. The van der Waals surface area contributed by atoms with Gasteiger partial charge < -0.3 is 10.0 Å². The average molecular weight is 143 g/mol. The molecule has 0 aromatic rings. The largest absolute Gasteiger partial charge is 0.477 e. The summed E-state index contributed by atoms with van der Waals surface area (Å²) in [5.41, 5.74) is 0.171. The number of aliphatic carboxylic acids is 1. The van der Waals surface area contributed by atoms with Crippen molar-refractivity contribution in [3.8, 4) is 0 Å². The minimum Gasteiger partial charge on any atom is -0.477 e. The molecule has 0 bridgehead atoms. The van der Waals surface area contributed by atoms with Crippen LogP contribution in [0.25, 0.3) is 0 Å². The minimum atomic E-state index is -0.941. The Bertz CT molecular complexity index is 139. The number of likely N-dealkylation sites (N-methyl/N-ethyl adjacent to an activating group) is 1. The first-order valence-electron chi connectivity index (χ1n) is 3.30. The summed E-state index contributed by atoms with van der Waals surface area (Å²) in [5.74, 6) is -0.941. The first-order chi connectivity index (χ1) is 4.63. The van der Waals surface area contributed by atoms with Gasteiger partial charge in [0.1, 0.15) is 5.70 Å². The number of carboxylic acid groups (broad SMARTS) is 1. The lowest BCUT2D eigenvalue weighted by Gasteiger charge is -2.19. The molecule has 0 atom stereocenters. The number of hydrogen-bond donors (Lipinski definition) is 1. The second-order valence-electron chi connectivity index (χ2n) is 1.92. The topological polar surface area (TPSA) is 40.5 Å². The van der Waals surface area contributed by atoms with E-state index in [2.05, 4.69) is 6.58 Å². The Labute approximate surface area is 61.0 Å². The molecule has 0 amide bonds. The Morgan fingerprint density at radius 3 is 2.00 bits per heavy atom. The second-order valence-corrected chi connectivity index (χ2v) is 1.92. The van der Waals surface area contributed by atoms with Crippen LogP contribution in [0.1, 0.15) is 13.8 Å². The predicted octanol–water partition coefficient (Wildman–Crippen LogP) is 0.926. The summed E-state index contributed by atoms with van der Waals surface area (Å²) in [6.45, 7) is 8.62. The summed E-state index contributed by atoms with van der Waals surface area (Å²) in [5, 5.41) is 8.47. The van der Waals surface area contributed by atoms with Crippen LogP contribution in [-0.2, 0) is 4.79 Å².